The predicted molar refractivity (Wildman–Crippen MR) is 139 cm³/mol. The van der Waals surface area contributed by atoms with Crippen LogP contribution < -0.4 is 4.74 Å². The number of phenols is 1. The molecule has 2 rings (SSSR count). The molecule has 0 spiro atoms. The molecule has 0 saturated heterocycles. The van der Waals surface area contributed by atoms with Gasteiger partial charge in [-0.1, -0.05) is 59.3 Å². The summed E-state index contributed by atoms with van der Waals surface area (Å²) in [5, 5.41) is 10.4. The van der Waals surface area contributed by atoms with Crippen LogP contribution in [0.5, 0.6) is 11.5 Å². The maximum atomic E-state index is 11.4. The monoisotopic (exact) mass is 458 g/mol. The SMILES string of the molecule is CC(=O)C(C)CCC[C@@H](C)CCC[C@@H](C)CCC[C@]1(C)CCc2c(C)c(O)c(C)c(C)c2O1. The van der Waals surface area contributed by atoms with Gasteiger partial charge in [-0.05, 0) is 95.2 Å². The van der Waals surface area contributed by atoms with Crippen LogP contribution in [0.15, 0.2) is 0 Å². The molecule has 188 valence electrons. The summed E-state index contributed by atoms with van der Waals surface area (Å²) in [6, 6.07) is 0. The van der Waals surface area contributed by atoms with Crippen LogP contribution in [0.1, 0.15) is 121 Å². The van der Waals surface area contributed by atoms with Crippen molar-refractivity contribution < 1.29 is 14.6 Å². The molecule has 3 heteroatoms. The lowest BCUT2D eigenvalue weighted by atomic mass is 9.84. The Balaban J connectivity index is 1.70. The maximum absolute atomic E-state index is 11.4. The van der Waals surface area contributed by atoms with Crippen molar-refractivity contribution >= 4 is 5.78 Å². The molecule has 1 aromatic carbocycles. The summed E-state index contributed by atoms with van der Waals surface area (Å²) in [5.41, 5.74) is 4.14. The standard InChI is InChI=1S/C30H50O3/c1-20(14-10-16-22(3)26(7)31)12-9-13-21(2)15-11-18-30(8)19-17-27-25(6)28(32)23(4)24(5)29(27)33-30/h20-22,32H,9-19H2,1-8H3/t20-,21+,22?,30+/m0/s1. The fourth-order valence-corrected chi connectivity index (χ4v) is 5.37. The zero-order valence-corrected chi connectivity index (χ0v) is 22.8. The number of Topliss-reactive ketones (excluding diaryl/α,β-unsaturated/α-hetero) is 1. The summed E-state index contributed by atoms with van der Waals surface area (Å²) >= 11 is 0. The molecule has 1 unspecified atom stereocenters. The van der Waals surface area contributed by atoms with E-state index in [-0.39, 0.29) is 11.5 Å². The van der Waals surface area contributed by atoms with Crippen LogP contribution in [0.2, 0.25) is 0 Å². The van der Waals surface area contributed by atoms with E-state index in [1.807, 2.05) is 13.8 Å². The Morgan fingerprint density at radius 1 is 0.909 bits per heavy atom. The molecular weight excluding hydrogens is 408 g/mol. The summed E-state index contributed by atoms with van der Waals surface area (Å²) in [4.78, 5) is 11.4. The number of rotatable bonds is 13. The Morgan fingerprint density at radius 2 is 1.45 bits per heavy atom. The highest BCUT2D eigenvalue weighted by Crippen LogP contribution is 2.44. The number of hydrogen-bond donors (Lipinski definition) is 1. The van der Waals surface area contributed by atoms with Crippen LogP contribution >= 0.6 is 0 Å². The highest BCUT2D eigenvalue weighted by Gasteiger charge is 2.34. The van der Waals surface area contributed by atoms with Gasteiger partial charge in [0, 0.05) is 11.5 Å². The average Bonchev–Trinajstić information content (AvgIpc) is 2.76. The van der Waals surface area contributed by atoms with Gasteiger partial charge in [-0.25, -0.2) is 0 Å². The fraction of sp³-hybridized carbons (Fsp3) is 0.767. The molecule has 1 N–H and O–H groups in total. The molecule has 0 saturated carbocycles. The summed E-state index contributed by atoms with van der Waals surface area (Å²) in [6.45, 7) is 16.9. The third-order valence-electron chi connectivity index (χ3n) is 8.42. The van der Waals surface area contributed by atoms with Gasteiger partial charge in [0.25, 0.3) is 0 Å². The van der Waals surface area contributed by atoms with Gasteiger partial charge < -0.3 is 9.84 Å². The number of ether oxygens (including phenoxy) is 1. The van der Waals surface area contributed by atoms with E-state index in [0.717, 1.165) is 60.0 Å². The number of benzene rings is 1. The Morgan fingerprint density at radius 3 is 2.03 bits per heavy atom. The van der Waals surface area contributed by atoms with Crippen LogP contribution in [0.25, 0.3) is 0 Å². The van der Waals surface area contributed by atoms with Gasteiger partial charge in [0.1, 0.15) is 22.9 Å². The summed E-state index contributed by atoms with van der Waals surface area (Å²) in [5.74, 6) is 3.54. The van der Waals surface area contributed by atoms with Crippen LogP contribution in [0, 0.1) is 38.5 Å². The lowest BCUT2D eigenvalue weighted by Gasteiger charge is -2.38. The van der Waals surface area contributed by atoms with Crippen molar-refractivity contribution in [2.75, 3.05) is 0 Å². The fourth-order valence-electron chi connectivity index (χ4n) is 5.37. The van der Waals surface area contributed by atoms with Crippen molar-refractivity contribution in [1.82, 2.24) is 0 Å². The van der Waals surface area contributed by atoms with E-state index in [0.29, 0.717) is 11.5 Å². The van der Waals surface area contributed by atoms with Gasteiger partial charge in [-0.2, -0.15) is 0 Å². The third-order valence-corrected chi connectivity index (χ3v) is 8.42. The van der Waals surface area contributed by atoms with E-state index in [2.05, 4.69) is 34.6 Å². The number of aromatic hydroxyl groups is 1. The first-order valence-corrected chi connectivity index (χ1v) is 13.5. The molecule has 1 aliphatic rings. The van der Waals surface area contributed by atoms with Crippen molar-refractivity contribution in [2.24, 2.45) is 17.8 Å². The average molecular weight is 459 g/mol. The highest BCUT2D eigenvalue weighted by atomic mass is 16.5. The molecule has 0 radical (unpaired) electrons. The Kier molecular flexibility index (Phi) is 10.3. The second kappa shape index (κ2) is 12.3. The molecule has 33 heavy (non-hydrogen) atoms. The van der Waals surface area contributed by atoms with E-state index in [1.165, 1.54) is 50.5 Å². The molecule has 0 bridgehead atoms. The molecular formula is C30H50O3. The lowest BCUT2D eigenvalue weighted by molar-refractivity contribution is -0.120. The topological polar surface area (TPSA) is 46.5 Å². The van der Waals surface area contributed by atoms with Crippen molar-refractivity contribution in [2.45, 2.75) is 132 Å². The molecule has 1 aliphatic heterocycles. The first-order chi connectivity index (χ1) is 15.4. The van der Waals surface area contributed by atoms with E-state index in [1.54, 1.807) is 6.92 Å². The quantitative estimate of drug-likeness (QED) is 0.323. The minimum atomic E-state index is -0.0984. The van der Waals surface area contributed by atoms with Crippen LogP contribution in [0.4, 0.5) is 0 Å². The largest absolute Gasteiger partial charge is 0.507 e. The van der Waals surface area contributed by atoms with E-state index in [4.69, 9.17) is 4.74 Å². The molecule has 0 aliphatic carbocycles. The summed E-state index contributed by atoms with van der Waals surface area (Å²) in [6.07, 6.45) is 13.0. The Bertz CT molecular complexity index is 796. The van der Waals surface area contributed by atoms with Gasteiger partial charge in [0.2, 0.25) is 0 Å². The lowest BCUT2D eigenvalue weighted by Crippen LogP contribution is -2.37. The number of ketones is 1. The van der Waals surface area contributed by atoms with E-state index < -0.39 is 0 Å². The van der Waals surface area contributed by atoms with Gasteiger partial charge in [-0.3, -0.25) is 4.79 Å². The van der Waals surface area contributed by atoms with Gasteiger partial charge in [0.15, 0.2) is 0 Å². The smallest absolute Gasteiger partial charge is 0.132 e. The number of hydrogen-bond acceptors (Lipinski definition) is 3. The van der Waals surface area contributed by atoms with Gasteiger partial charge in [-0.15, -0.1) is 0 Å². The third kappa shape index (κ3) is 7.76. The minimum absolute atomic E-state index is 0.0984. The van der Waals surface area contributed by atoms with E-state index in [9.17, 15) is 9.90 Å². The molecule has 1 heterocycles. The number of fused-ring (bicyclic) bond motifs is 1. The predicted octanol–water partition coefficient (Wildman–Crippen LogP) is 8.41. The Hall–Kier alpha value is -1.51. The highest BCUT2D eigenvalue weighted by molar-refractivity contribution is 5.77. The molecule has 0 aromatic heterocycles. The summed E-state index contributed by atoms with van der Waals surface area (Å²) < 4.78 is 6.60. The Labute approximate surface area is 203 Å². The van der Waals surface area contributed by atoms with Crippen LogP contribution in [-0.2, 0) is 11.2 Å². The maximum Gasteiger partial charge on any atom is 0.132 e. The van der Waals surface area contributed by atoms with Crippen LogP contribution in [-0.4, -0.2) is 16.5 Å². The zero-order chi connectivity index (χ0) is 24.8. The molecule has 4 atom stereocenters. The van der Waals surface area contributed by atoms with E-state index >= 15 is 0 Å². The molecule has 0 fully saturated rings. The zero-order valence-electron chi connectivity index (χ0n) is 22.8. The van der Waals surface area contributed by atoms with Gasteiger partial charge >= 0.3 is 0 Å². The van der Waals surface area contributed by atoms with Gasteiger partial charge in [0.05, 0.1) is 0 Å². The molecule has 1 aromatic rings. The number of phenolic OH excluding ortho intramolecular Hbond substituents is 1. The van der Waals surface area contributed by atoms with Crippen LogP contribution in [0.3, 0.4) is 0 Å². The minimum Gasteiger partial charge on any atom is -0.507 e. The second-order valence-corrected chi connectivity index (χ2v) is 11.6. The van der Waals surface area contributed by atoms with Crippen molar-refractivity contribution in [1.29, 1.82) is 0 Å². The van der Waals surface area contributed by atoms with Crippen molar-refractivity contribution in [3.8, 4) is 11.5 Å². The van der Waals surface area contributed by atoms with Crippen molar-refractivity contribution in [3.63, 3.8) is 0 Å². The normalized spacial score (nSPS) is 20.6. The molecule has 3 nitrogen and oxygen atoms in total. The summed E-state index contributed by atoms with van der Waals surface area (Å²) in [7, 11) is 0. The number of carbonyl (C=O) groups excluding carboxylic acids is 1. The number of carbonyl (C=O) groups is 1. The molecule has 0 amide bonds. The first-order valence-electron chi connectivity index (χ1n) is 13.5. The van der Waals surface area contributed by atoms with Crippen molar-refractivity contribution in [3.05, 3.63) is 22.3 Å². The first kappa shape index (κ1) is 27.7. The second-order valence-electron chi connectivity index (χ2n) is 11.6.